The van der Waals surface area contributed by atoms with Gasteiger partial charge in [-0.3, -0.25) is 9.59 Å². The highest BCUT2D eigenvalue weighted by Gasteiger charge is 2.33. The first kappa shape index (κ1) is 13.2. The lowest BCUT2D eigenvalue weighted by atomic mass is 9.78. The van der Waals surface area contributed by atoms with Crippen LogP contribution < -0.4 is 0 Å². The van der Waals surface area contributed by atoms with Crippen LogP contribution in [0.4, 0.5) is 0 Å². The number of hydrogen-bond donors (Lipinski definition) is 0. The van der Waals surface area contributed by atoms with Crippen molar-refractivity contribution in [1.82, 2.24) is 0 Å². The summed E-state index contributed by atoms with van der Waals surface area (Å²) in [6.07, 6.45) is 6.24. The highest BCUT2D eigenvalue weighted by Crippen LogP contribution is 2.33. The van der Waals surface area contributed by atoms with Crippen LogP contribution in [-0.2, 0) is 14.3 Å². The summed E-state index contributed by atoms with van der Waals surface area (Å²) < 4.78 is 5.39. The maximum atomic E-state index is 11.9. The minimum atomic E-state index is -0.441. The van der Waals surface area contributed by atoms with E-state index >= 15 is 0 Å². The van der Waals surface area contributed by atoms with E-state index < -0.39 is 5.60 Å². The molecular formula is C13H21O3. The van der Waals surface area contributed by atoms with Gasteiger partial charge in [-0.2, -0.15) is 0 Å². The van der Waals surface area contributed by atoms with Crippen LogP contribution in [0.1, 0.15) is 52.9 Å². The normalized spacial score (nSPS) is 26.2. The van der Waals surface area contributed by atoms with Gasteiger partial charge in [-0.15, -0.1) is 0 Å². The van der Waals surface area contributed by atoms with Gasteiger partial charge < -0.3 is 4.74 Å². The number of rotatable bonds is 3. The van der Waals surface area contributed by atoms with Crippen LogP contribution in [0.2, 0.25) is 0 Å². The number of carbonyl (C=O) groups is 1. The lowest BCUT2D eigenvalue weighted by Crippen LogP contribution is -2.34. The van der Waals surface area contributed by atoms with E-state index in [9.17, 15) is 9.59 Å². The van der Waals surface area contributed by atoms with E-state index in [1.165, 1.54) is 0 Å². The van der Waals surface area contributed by atoms with Gasteiger partial charge in [-0.1, -0.05) is 12.8 Å². The van der Waals surface area contributed by atoms with Crippen molar-refractivity contribution in [2.45, 2.75) is 58.5 Å². The van der Waals surface area contributed by atoms with Crippen molar-refractivity contribution in [1.29, 1.82) is 0 Å². The largest absolute Gasteiger partial charge is 0.460 e. The molecule has 0 aromatic carbocycles. The molecule has 0 aliphatic heterocycles. The molecule has 1 aliphatic rings. The Morgan fingerprint density at radius 1 is 1.31 bits per heavy atom. The van der Waals surface area contributed by atoms with E-state index in [1.807, 2.05) is 27.1 Å². The zero-order valence-corrected chi connectivity index (χ0v) is 10.4. The topological polar surface area (TPSA) is 43.4 Å². The smallest absolute Gasteiger partial charge is 0.309 e. The van der Waals surface area contributed by atoms with Gasteiger partial charge in [0, 0.05) is 6.42 Å². The molecule has 1 radical (unpaired) electrons. The molecule has 0 aromatic heterocycles. The molecule has 0 aromatic rings. The Morgan fingerprint density at radius 2 is 1.94 bits per heavy atom. The molecule has 91 valence electrons. The van der Waals surface area contributed by atoms with Gasteiger partial charge in [0.05, 0.1) is 5.92 Å². The Labute approximate surface area is 97.5 Å². The minimum absolute atomic E-state index is 0.102. The Morgan fingerprint density at radius 3 is 2.50 bits per heavy atom. The van der Waals surface area contributed by atoms with Crippen LogP contribution in [0.3, 0.4) is 0 Å². The van der Waals surface area contributed by atoms with E-state index in [-0.39, 0.29) is 17.8 Å². The second kappa shape index (κ2) is 5.46. The highest BCUT2D eigenvalue weighted by molar-refractivity contribution is 5.74. The fourth-order valence-corrected chi connectivity index (χ4v) is 2.25. The molecule has 0 heterocycles. The first-order valence-corrected chi connectivity index (χ1v) is 6.02. The van der Waals surface area contributed by atoms with Crippen LogP contribution >= 0.6 is 0 Å². The third-order valence-electron chi connectivity index (χ3n) is 2.96. The van der Waals surface area contributed by atoms with Crippen LogP contribution in [0.15, 0.2) is 0 Å². The quantitative estimate of drug-likeness (QED) is 0.693. The SMILES string of the molecule is CC(C)(C)OC(=O)C1CCCCC1C[C]=O. The maximum Gasteiger partial charge on any atom is 0.309 e. The summed E-state index contributed by atoms with van der Waals surface area (Å²) in [5, 5.41) is 0. The zero-order chi connectivity index (χ0) is 12.2. The second-order valence-corrected chi connectivity index (χ2v) is 5.53. The molecule has 2 unspecified atom stereocenters. The van der Waals surface area contributed by atoms with Gasteiger partial charge in [0.2, 0.25) is 0 Å². The molecule has 3 nitrogen and oxygen atoms in total. The van der Waals surface area contributed by atoms with Gasteiger partial charge in [0.1, 0.15) is 5.60 Å². The molecule has 16 heavy (non-hydrogen) atoms. The predicted molar refractivity (Wildman–Crippen MR) is 61.6 cm³/mol. The molecule has 2 atom stereocenters. The van der Waals surface area contributed by atoms with Crippen molar-refractivity contribution in [3.63, 3.8) is 0 Å². The summed E-state index contributed by atoms with van der Waals surface area (Å²) in [5.41, 5.74) is -0.441. The van der Waals surface area contributed by atoms with Crippen molar-refractivity contribution >= 4 is 12.3 Å². The monoisotopic (exact) mass is 225 g/mol. The molecule has 1 fully saturated rings. The maximum absolute atomic E-state index is 11.9. The van der Waals surface area contributed by atoms with E-state index in [1.54, 1.807) is 0 Å². The van der Waals surface area contributed by atoms with Crippen molar-refractivity contribution in [3.8, 4) is 0 Å². The Hall–Kier alpha value is -0.860. The summed E-state index contributed by atoms with van der Waals surface area (Å²) in [5.74, 6) is -0.108. The average Bonchev–Trinajstić information content (AvgIpc) is 2.16. The number of esters is 1. The Kier molecular flexibility index (Phi) is 4.51. The molecule has 0 bridgehead atoms. The van der Waals surface area contributed by atoms with E-state index in [2.05, 4.69) is 0 Å². The third-order valence-corrected chi connectivity index (χ3v) is 2.96. The summed E-state index contributed by atoms with van der Waals surface area (Å²) >= 11 is 0. The molecule has 1 rings (SSSR count). The van der Waals surface area contributed by atoms with Gasteiger partial charge in [-0.25, -0.2) is 0 Å². The van der Waals surface area contributed by atoms with Crippen molar-refractivity contribution in [3.05, 3.63) is 0 Å². The van der Waals surface area contributed by atoms with Gasteiger partial charge >= 0.3 is 5.97 Å². The first-order valence-electron chi connectivity index (χ1n) is 6.02. The molecule has 1 saturated carbocycles. The van der Waals surface area contributed by atoms with E-state index in [0.29, 0.717) is 6.42 Å². The van der Waals surface area contributed by atoms with Crippen molar-refractivity contribution in [2.75, 3.05) is 0 Å². The number of ether oxygens (including phenoxy) is 1. The predicted octanol–water partition coefficient (Wildman–Crippen LogP) is 2.63. The summed E-state index contributed by atoms with van der Waals surface area (Å²) in [6, 6.07) is 0. The fourth-order valence-electron chi connectivity index (χ4n) is 2.25. The van der Waals surface area contributed by atoms with E-state index in [4.69, 9.17) is 4.74 Å². The zero-order valence-electron chi connectivity index (χ0n) is 10.4. The van der Waals surface area contributed by atoms with Crippen LogP contribution in [0.5, 0.6) is 0 Å². The third kappa shape index (κ3) is 3.95. The summed E-state index contributed by atoms with van der Waals surface area (Å²) in [4.78, 5) is 22.4. The number of carbonyl (C=O) groups excluding carboxylic acids is 2. The summed E-state index contributed by atoms with van der Waals surface area (Å²) in [6.45, 7) is 5.61. The minimum Gasteiger partial charge on any atom is -0.460 e. The van der Waals surface area contributed by atoms with Crippen LogP contribution in [-0.4, -0.2) is 17.9 Å². The molecule has 0 amide bonds. The second-order valence-electron chi connectivity index (χ2n) is 5.53. The molecule has 3 heteroatoms. The van der Waals surface area contributed by atoms with E-state index in [0.717, 1.165) is 25.7 Å². The average molecular weight is 225 g/mol. The van der Waals surface area contributed by atoms with Crippen LogP contribution in [0, 0.1) is 11.8 Å². The first-order chi connectivity index (χ1) is 7.44. The Balaban J connectivity index is 2.60. The Bertz CT molecular complexity index is 252. The van der Waals surface area contributed by atoms with Gasteiger partial charge in [-0.05, 0) is 39.5 Å². The lowest BCUT2D eigenvalue weighted by Gasteiger charge is -2.31. The van der Waals surface area contributed by atoms with Crippen LogP contribution in [0.25, 0.3) is 0 Å². The highest BCUT2D eigenvalue weighted by atomic mass is 16.6. The lowest BCUT2D eigenvalue weighted by molar-refractivity contribution is -0.163. The van der Waals surface area contributed by atoms with Gasteiger partial charge in [0.25, 0.3) is 0 Å². The van der Waals surface area contributed by atoms with Crippen molar-refractivity contribution in [2.24, 2.45) is 11.8 Å². The molecule has 0 spiro atoms. The molecule has 0 N–H and O–H groups in total. The standard InChI is InChI=1S/C13H21O3/c1-13(2,3)16-12(15)11-7-5-4-6-10(11)8-9-14/h10-11H,4-8H2,1-3H3. The summed E-state index contributed by atoms with van der Waals surface area (Å²) in [7, 11) is 0. The molecule has 1 aliphatic carbocycles. The fraction of sp³-hybridized carbons (Fsp3) is 0.846. The number of hydrogen-bond acceptors (Lipinski definition) is 3. The van der Waals surface area contributed by atoms with Crippen molar-refractivity contribution < 1.29 is 14.3 Å². The molecular weight excluding hydrogens is 204 g/mol. The van der Waals surface area contributed by atoms with Gasteiger partial charge in [0.15, 0.2) is 6.29 Å². The molecule has 0 saturated heterocycles.